The third-order valence-corrected chi connectivity index (χ3v) is 3.09. The van der Waals surface area contributed by atoms with Gasteiger partial charge in [-0.05, 0) is 0 Å². The topological polar surface area (TPSA) is 42.7 Å². The first-order valence-electron chi connectivity index (χ1n) is 4.56. The van der Waals surface area contributed by atoms with Crippen LogP contribution in [0.15, 0.2) is 23.4 Å². The van der Waals surface area contributed by atoms with Crippen LogP contribution < -0.4 is 5.32 Å². The van der Waals surface area contributed by atoms with Gasteiger partial charge in [0.2, 0.25) is 0 Å². The molecule has 4 nitrogen and oxygen atoms in total. The molecule has 2 aromatic rings. The lowest BCUT2D eigenvalue weighted by Crippen LogP contribution is -2.33. The molecule has 0 bridgehead atoms. The molecule has 0 aromatic carbocycles. The highest BCUT2D eigenvalue weighted by atomic mass is 32.1. The van der Waals surface area contributed by atoms with E-state index in [1.807, 2.05) is 18.0 Å². The molecule has 1 unspecified atom stereocenters. The van der Waals surface area contributed by atoms with E-state index in [0.717, 1.165) is 18.8 Å². The van der Waals surface area contributed by atoms with Crippen molar-refractivity contribution in [3.63, 3.8) is 0 Å². The summed E-state index contributed by atoms with van der Waals surface area (Å²) in [6.07, 6.45) is 3.80. The maximum absolute atomic E-state index is 4.33. The lowest BCUT2D eigenvalue weighted by atomic mass is 10.1. The van der Waals surface area contributed by atoms with Crippen molar-refractivity contribution in [1.29, 1.82) is 0 Å². The molecule has 0 spiro atoms. The van der Waals surface area contributed by atoms with Gasteiger partial charge in [-0.1, -0.05) is 0 Å². The molecule has 1 N–H and O–H groups in total. The van der Waals surface area contributed by atoms with Crippen molar-refractivity contribution in [2.45, 2.75) is 12.6 Å². The van der Waals surface area contributed by atoms with Gasteiger partial charge >= 0.3 is 0 Å². The molecule has 0 amide bonds. The van der Waals surface area contributed by atoms with Gasteiger partial charge in [0.1, 0.15) is 0 Å². The van der Waals surface area contributed by atoms with Crippen molar-refractivity contribution in [3.8, 4) is 0 Å². The maximum atomic E-state index is 4.33. The number of thiazole rings is 1. The van der Waals surface area contributed by atoms with E-state index in [1.54, 1.807) is 11.3 Å². The number of nitrogens with one attached hydrogen (secondary N) is 1. The molecular weight excluding hydrogens is 196 g/mol. The van der Waals surface area contributed by atoms with E-state index in [2.05, 4.69) is 25.2 Å². The van der Waals surface area contributed by atoms with Gasteiger partial charge in [0, 0.05) is 18.5 Å². The van der Waals surface area contributed by atoms with Crippen molar-refractivity contribution in [2.24, 2.45) is 0 Å². The third-order valence-electron chi connectivity index (χ3n) is 2.49. The molecule has 0 aliphatic carbocycles. The van der Waals surface area contributed by atoms with E-state index in [-0.39, 0.29) is 6.04 Å². The van der Waals surface area contributed by atoms with E-state index in [0.29, 0.717) is 0 Å². The Kier molecular flexibility index (Phi) is 1.85. The van der Waals surface area contributed by atoms with Crippen molar-refractivity contribution in [2.75, 3.05) is 6.54 Å². The number of rotatable bonds is 1. The number of imidazole rings is 1. The molecule has 1 aliphatic heterocycles. The predicted molar refractivity (Wildman–Crippen MR) is 54.2 cm³/mol. The van der Waals surface area contributed by atoms with Gasteiger partial charge in [-0.25, -0.2) is 9.97 Å². The molecule has 14 heavy (non-hydrogen) atoms. The number of nitrogens with zero attached hydrogens (tertiary/aromatic N) is 3. The van der Waals surface area contributed by atoms with E-state index in [9.17, 15) is 0 Å². The summed E-state index contributed by atoms with van der Waals surface area (Å²) in [6, 6.07) is 0.220. The van der Waals surface area contributed by atoms with Crippen LogP contribution in [0.1, 0.15) is 17.4 Å². The minimum atomic E-state index is 0.220. The van der Waals surface area contributed by atoms with Crippen LogP contribution in [0.4, 0.5) is 0 Å². The van der Waals surface area contributed by atoms with Crippen LogP contribution in [0.3, 0.4) is 0 Å². The first-order valence-corrected chi connectivity index (χ1v) is 5.51. The Balaban J connectivity index is 2.04. The highest BCUT2D eigenvalue weighted by Crippen LogP contribution is 2.23. The van der Waals surface area contributed by atoms with Crippen molar-refractivity contribution in [3.05, 3.63) is 34.8 Å². The lowest BCUT2D eigenvalue weighted by molar-refractivity contribution is 0.462. The zero-order valence-electron chi connectivity index (χ0n) is 7.55. The van der Waals surface area contributed by atoms with E-state index in [1.165, 1.54) is 5.69 Å². The molecule has 0 fully saturated rings. The Labute approximate surface area is 85.6 Å². The van der Waals surface area contributed by atoms with Gasteiger partial charge in [0.25, 0.3) is 0 Å². The van der Waals surface area contributed by atoms with Gasteiger partial charge < -0.3 is 9.88 Å². The average molecular weight is 206 g/mol. The van der Waals surface area contributed by atoms with Crippen LogP contribution in [-0.2, 0) is 6.54 Å². The molecule has 1 aliphatic rings. The Morgan fingerprint density at radius 2 is 2.57 bits per heavy atom. The molecule has 0 radical (unpaired) electrons. The predicted octanol–water partition coefficient (Wildman–Crippen LogP) is 1.03. The highest BCUT2D eigenvalue weighted by molar-refractivity contribution is 7.07. The second-order valence-corrected chi connectivity index (χ2v) is 4.03. The third kappa shape index (κ3) is 1.17. The summed E-state index contributed by atoms with van der Waals surface area (Å²) < 4.78 is 2.18. The SMILES string of the molecule is c1nc(C2NCCn3cncc32)cs1. The standard InChI is InChI=1S/C9H10N4S/c1-2-13-5-10-3-8(13)9(11-1)7-4-14-6-12-7/h3-6,9,11H,1-2H2. The highest BCUT2D eigenvalue weighted by Gasteiger charge is 2.22. The molecule has 2 aromatic heterocycles. The van der Waals surface area contributed by atoms with E-state index >= 15 is 0 Å². The molecule has 1 atom stereocenters. The average Bonchev–Trinajstić information content (AvgIpc) is 2.88. The van der Waals surface area contributed by atoms with Crippen molar-refractivity contribution < 1.29 is 0 Å². The Morgan fingerprint density at radius 1 is 1.57 bits per heavy atom. The molecule has 0 saturated heterocycles. The van der Waals surface area contributed by atoms with Crippen LogP contribution >= 0.6 is 11.3 Å². The van der Waals surface area contributed by atoms with Crippen LogP contribution in [-0.4, -0.2) is 21.1 Å². The lowest BCUT2D eigenvalue weighted by Gasteiger charge is -2.24. The fourth-order valence-electron chi connectivity index (χ4n) is 1.81. The Bertz CT molecular complexity index is 420. The normalized spacial score (nSPS) is 20.7. The molecular formula is C9H10N4S. The zero-order valence-corrected chi connectivity index (χ0v) is 8.37. The number of fused-ring (bicyclic) bond motifs is 1. The second kappa shape index (κ2) is 3.18. The summed E-state index contributed by atoms with van der Waals surface area (Å²) in [4.78, 5) is 8.50. The smallest absolute Gasteiger partial charge is 0.0949 e. The maximum Gasteiger partial charge on any atom is 0.0949 e. The summed E-state index contributed by atoms with van der Waals surface area (Å²) in [5, 5.41) is 5.53. The Morgan fingerprint density at radius 3 is 3.43 bits per heavy atom. The summed E-state index contributed by atoms with van der Waals surface area (Å²) in [6.45, 7) is 1.97. The second-order valence-electron chi connectivity index (χ2n) is 3.31. The number of hydrogen-bond donors (Lipinski definition) is 1. The molecule has 5 heteroatoms. The zero-order chi connectivity index (χ0) is 9.38. The minimum absolute atomic E-state index is 0.220. The summed E-state index contributed by atoms with van der Waals surface area (Å²) in [5.74, 6) is 0. The largest absolute Gasteiger partial charge is 0.332 e. The molecule has 3 heterocycles. The van der Waals surface area contributed by atoms with Gasteiger partial charge in [-0.3, -0.25) is 0 Å². The van der Waals surface area contributed by atoms with Gasteiger partial charge in [-0.2, -0.15) is 0 Å². The molecule has 0 saturated carbocycles. The van der Waals surface area contributed by atoms with E-state index < -0.39 is 0 Å². The van der Waals surface area contributed by atoms with Crippen LogP contribution in [0.2, 0.25) is 0 Å². The van der Waals surface area contributed by atoms with Gasteiger partial charge in [-0.15, -0.1) is 11.3 Å². The summed E-state index contributed by atoms with van der Waals surface area (Å²) in [5.41, 5.74) is 4.17. The quantitative estimate of drug-likeness (QED) is 0.758. The van der Waals surface area contributed by atoms with Crippen LogP contribution in [0.25, 0.3) is 0 Å². The fraction of sp³-hybridized carbons (Fsp3) is 0.333. The van der Waals surface area contributed by atoms with Crippen LogP contribution in [0, 0.1) is 0 Å². The molecule has 72 valence electrons. The van der Waals surface area contributed by atoms with Crippen molar-refractivity contribution in [1.82, 2.24) is 19.9 Å². The summed E-state index contributed by atoms with van der Waals surface area (Å²) >= 11 is 1.63. The summed E-state index contributed by atoms with van der Waals surface area (Å²) in [7, 11) is 0. The van der Waals surface area contributed by atoms with E-state index in [4.69, 9.17) is 0 Å². The Hall–Kier alpha value is -1.20. The minimum Gasteiger partial charge on any atom is -0.332 e. The van der Waals surface area contributed by atoms with Crippen LogP contribution in [0.5, 0.6) is 0 Å². The number of hydrogen-bond acceptors (Lipinski definition) is 4. The first-order chi connectivity index (χ1) is 6.95. The monoisotopic (exact) mass is 206 g/mol. The van der Waals surface area contributed by atoms with Gasteiger partial charge in [0.15, 0.2) is 0 Å². The molecule has 3 rings (SSSR count). The van der Waals surface area contributed by atoms with Gasteiger partial charge in [0.05, 0.1) is 35.5 Å². The number of aromatic nitrogens is 3. The van der Waals surface area contributed by atoms with Crippen molar-refractivity contribution >= 4 is 11.3 Å². The first kappa shape index (κ1) is 8.14. The fourth-order valence-corrected chi connectivity index (χ4v) is 2.39.